The number of nitrogens with zero attached hydrogens (tertiary/aromatic N) is 2. The minimum Gasteiger partial charge on any atom is -0.352 e. The van der Waals surface area contributed by atoms with E-state index >= 15 is 0 Å². The molecule has 1 saturated carbocycles. The molecule has 7 nitrogen and oxygen atoms in total. The van der Waals surface area contributed by atoms with Crippen LogP contribution in [0.2, 0.25) is 10.0 Å². The fraction of sp³-hybridized carbons (Fsp3) is 0.278. The first-order valence-electron chi connectivity index (χ1n) is 15.3. The lowest BCUT2D eigenvalue weighted by Crippen LogP contribution is -2.54. The van der Waals surface area contributed by atoms with Gasteiger partial charge in [0.1, 0.15) is 12.6 Å². The fourth-order valence-corrected chi connectivity index (χ4v) is 7.82. The summed E-state index contributed by atoms with van der Waals surface area (Å²) in [5, 5.41) is 4.12. The maximum atomic E-state index is 14.6. The molecule has 0 bridgehead atoms. The molecule has 240 valence electrons. The second-order valence-corrected chi connectivity index (χ2v) is 14.3. The number of benzene rings is 4. The molecular formula is C36H37Cl2N3O4S. The summed E-state index contributed by atoms with van der Waals surface area (Å²) in [6.45, 7) is 1.26. The second-order valence-electron chi connectivity index (χ2n) is 11.6. The molecule has 0 saturated heterocycles. The Kier molecular flexibility index (Phi) is 11.0. The van der Waals surface area contributed by atoms with Crippen LogP contribution in [0, 0.1) is 6.92 Å². The van der Waals surface area contributed by atoms with E-state index in [1.54, 1.807) is 61.5 Å². The van der Waals surface area contributed by atoms with Gasteiger partial charge in [0, 0.05) is 29.1 Å². The molecule has 46 heavy (non-hydrogen) atoms. The Labute approximate surface area is 281 Å². The molecule has 5 rings (SSSR count). The molecule has 1 atom stereocenters. The van der Waals surface area contributed by atoms with Crippen LogP contribution in [0.4, 0.5) is 5.69 Å². The predicted octanol–water partition coefficient (Wildman–Crippen LogP) is 7.20. The normalized spacial score (nSPS) is 14.1. The van der Waals surface area contributed by atoms with Gasteiger partial charge in [-0.15, -0.1) is 0 Å². The zero-order valence-electron chi connectivity index (χ0n) is 25.6. The maximum absolute atomic E-state index is 14.6. The Morgan fingerprint density at radius 1 is 0.826 bits per heavy atom. The summed E-state index contributed by atoms with van der Waals surface area (Å²) >= 11 is 12.6. The largest absolute Gasteiger partial charge is 0.352 e. The minimum atomic E-state index is -4.20. The monoisotopic (exact) mass is 677 g/mol. The van der Waals surface area contributed by atoms with Gasteiger partial charge in [-0.1, -0.05) is 96.7 Å². The third-order valence-electron chi connectivity index (χ3n) is 8.25. The number of nitrogens with one attached hydrogen (secondary N) is 1. The lowest BCUT2D eigenvalue weighted by atomic mass is 10.0. The number of aryl methyl sites for hydroxylation is 1. The van der Waals surface area contributed by atoms with Gasteiger partial charge in [-0.25, -0.2) is 8.42 Å². The van der Waals surface area contributed by atoms with Gasteiger partial charge in [-0.2, -0.15) is 0 Å². The van der Waals surface area contributed by atoms with Crippen molar-refractivity contribution in [1.82, 2.24) is 10.2 Å². The van der Waals surface area contributed by atoms with Crippen LogP contribution in [0.15, 0.2) is 108 Å². The highest BCUT2D eigenvalue weighted by molar-refractivity contribution is 7.92. The third kappa shape index (κ3) is 8.29. The first kappa shape index (κ1) is 33.5. The topological polar surface area (TPSA) is 86.8 Å². The summed E-state index contributed by atoms with van der Waals surface area (Å²) in [5.41, 5.74) is 2.49. The Hall–Kier alpha value is -3.85. The van der Waals surface area contributed by atoms with Crippen LogP contribution in [0.5, 0.6) is 0 Å². The average molecular weight is 679 g/mol. The highest BCUT2D eigenvalue weighted by atomic mass is 35.5. The molecule has 4 aromatic carbocycles. The van der Waals surface area contributed by atoms with E-state index in [2.05, 4.69) is 5.32 Å². The Bertz CT molecular complexity index is 1760. The van der Waals surface area contributed by atoms with Crippen LogP contribution in [0.25, 0.3) is 0 Å². The number of halogens is 2. The summed E-state index contributed by atoms with van der Waals surface area (Å²) in [5.74, 6) is -0.803. The van der Waals surface area contributed by atoms with Crippen molar-refractivity contribution in [2.75, 3.05) is 10.8 Å². The first-order chi connectivity index (χ1) is 22.1. The van der Waals surface area contributed by atoms with Crippen LogP contribution >= 0.6 is 23.2 Å². The molecule has 4 aromatic rings. The van der Waals surface area contributed by atoms with Gasteiger partial charge in [0.2, 0.25) is 11.8 Å². The van der Waals surface area contributed by atoms with Gasteiger partial charge in [0.05, 0.1) is 10.6 Å². The molecule has 1 unspecified atom stereocenters. The van der Waals surface area contributed by atoms with E-state index in [4.69, 9.17) is 23.2 Å². The molecule has 0 aliphatic heterocycles. The van der Waals surface area contributed by atoms with Crippen LogP contribution in [-0.2, 0) is 32.6 Å². The van der Waals surface area contributed by atoms with Gasteiger partial charge in [0.15, 0.2) is 0 Å². The molecule has 2 amide bonds. The van der Waals surface area contributed by atoms with Crippen molar-refractivity contribution < 1.29 is 18.0 Å². The molecular weight excluding hydrogens is 641 g/mol. The smallest absolute Gasteiger partial charge is 0.264 e. The number of hydrogen-bond acceptors (Lipinski definition) is 4. The van der Waals surface area contributed by atoms with E-state index in [1.165, 1.54) is 17.0 Å². The van der Waals surface area contributed by atoms with Crippen molar-refractivity contribution in [2.45, 2.75) is 62.6 Å². The molecule has 1 aliphatic carbocycles. The maximum Gasteiger partial charge on any atom is 0.264 e. The quantitative estimate of drug-likeness (QED) is 0.172. The SMILES string of the molecule is Cc1cc(Cl)ccc1N(CC(=O)N(Cc1cccc(Cl)c1)C(Cc1ccccc1)C(=O)NC1CCCC1)S(=O)(=O)c1ccccc1. The Morgan fingerprint density at radius 3 is 2.11 bits per heavy atom. The number of anilines is 1. The molecule has 0 heterocycles. The fourth-order valence-electron chi connectivity index (χ4n) is 5.89. The first-order valence-corrected chi connectivity index (χ1v) is 17.5. The molecule has 0 spiro atoms. The molecule has 1 N–H and O–H groups in total. The van der Waals surface area contributed by atoms with Gasteiger partial charge in [0.25, 0.3) is 10.0 Å². The highest BCUT2D eigenvalue weighted by Gasteiger charge is 2.36. The molecule has 0 radical (unpaired) electrons. The van der Waals surface area contributed by atoms with E-state index < -0.39 is 28.5 Å². The van der Waals surface area contributed by atoms with Crippen molar-refractivity contribution in [3.63, 3.8) is 0 Å². The second kappa shape index (κ2) is 15.2. The number of sulfonamides is 1. The Morgan fingerprint density at radius 2 is 1.46 bits per heavy atom. The Balaban J connectivity index is 1.58. The van der Waals surface area contributed by atoms with E-state index in [0.717, 1.165) is 35.6 Å². The van der Waals surface area contributed by atoms with Gasteiger partial charge >= 0.3 is 0 Å². The van der Waals surface area contributed by atoms with Crippen molar-refractivity contribution in [2.24, 2.45) is 0 Å². The van der Waals surface area contributed by atoms with Gasteiger partial charge in [-0.05, 0) is 78.9 Å². The van der Waals surface area contributed by atoms with Crippen molar-refractivity contribution in [1.29, 1.82) is 0 Å². The zero-order chi connectivity index (χ0) is 32.7. The van der Waals surface area contributed by atoms with Crippen molar-refractivity contribution in [3.8, 4) is 0 Å². The number of amides is 2. The molecule has 0 aromatic heterocycles. The highest BCUT2D eigenvalue weighted by Crippen LogP contribution is 2.30. The average Bonchev–Trinajstić information content (AvgIpc) is 3.56. The van der Waals surface area contributed by atoms with E-state index in [0.29, 0.717) is 26.9 Å². The lowest BCUT2D eigenvalue weighted by molar-refractivity contribution is -0.140. The van der Waals surface area contributed by atoms with Crippen molar-refractivity contribution >= 4 is 50.7 Å². The van der Waals surface area contributed by atoms with Gasteiger partial charge in [-0.3, -0.25) is 13.9 Å². The van der Waals surface area contributed by atoms with E-state index in [9.17, 15) is 18.0 Å². The van der Waals surface area contributed by atoms with E-state index in [-0.39, 0.29) is 29.8 Å². The molecule has 1 fully saturated rings. The lowest BCUT2D eigenvalue weighted by Gasteiger charge is -2.34. The van der Waals surface area contributed by atoms with Crippen LogP contribution in [0.1, 0.15) is 42.4 Å². The summed E-state index contributed by atoms with van der Waals surface area (Å²) in [6.07, 6.45) is 4.07. The summed E-state index contributed by atoms with van der Waals surface area (Å²) in [4.78, 5) is 30.2. The number of carbonyl (C=O) groups is 2. The standard InChI is InChI=1S/C36H37Cl2N3O4S/c1-26-21-30(38)19-20-33(26)41(46(44,45)32-17-6-3-7-18-32)25-35(42)40(24-28-13-10-14-29(37)22-28)34(23-27-11-4-2-5-12-27)36(43)39-31-15-8-9-16-31/h2-7,10-14,17-22,31,34H,8-9,15-16,23-25H2,1H3,(H,39,43). The number of carbonyl (C=O) groups excluding carboxylic acids is 2. The van der Waals surface area contributed by atoms with Crippen LogP contribution in [-0.4, -0.2) is 43.8 Å². The number of rotatable bonds is 12. The van der Waals surface area contributed by atoms with Crippen LogP contribution < -0.4 is 9.62 Å². The third-order valence-corrected chi connectivity index (χ3v) is 10.5. The van der Waals surface area contributed by atoms with Crippen LogP contribution in [0.3, 0.4) is 0 Å². The summed E-state index contributed by atoms with van der Waals surface area (Å²) in [7, 11) is -4.20. The van der Waals surface area contributed by atoms with Gasteiger partial charge < -0.3 is 10.2 Å². The predicted molar refractivity (Wildman–Crippen MR) is 183 cm³/mol. The number of hydrogen-bond donors (Lipinski definition) is 1. The van der Waals surface area contributed by atoms with E-state index in [1.807, 2.05) is 36.4 Å². The molecule has 10 heteroatoms. The zero-order valence-corrected chi connectivity index (χ0v) is 27.9. The molecule has 1 aliphatic rings. The van der Waals surface area contributed by atoms with Crippen molar-refractivity contribution in [3.05, 3.63) is 130 Å². The summed E-state index contributed by atoms with van der Waals surface area (Å²) in [6, 6.07) is 28.6. The summed E-state index contributed by atoms with van der Waals surface area (Å²) < 4.78 is 29.5. The minimum absolute atomic E-state index is 0.0283.